The van der Waals surface area contributed by atoms with Gasteiger partial charge >= 0.3 is 19.8 Å². The second kappa shape index (κ2) is 40.1. The van der Waals surface area contributed by atoms with Crippen LogP contribution >= 0.6 is 7.82 Å². The lowest BCUT2D eigenvalue weighted by atomic mass is 10.1. The second-order valence-electron chi connectivity index (χ2n) is 13.4. The van der Waals surface area contributed by atoms with Crippen molar-refractivity contribution >= 4 is 19.8 Å². The lowest BCUT2D eigenvalue weighted by molar-refractivity contribution is -0.154. The van der Waals surface area contributed by atoms with Gasteiger partial charge in [0.15, 0.2) is 0 Å². The molecule has 0 rings (SSSR count). The molecule has 0 aromatic rings. The van der Waals surface area contributed by atoms with E-state index in [-0.39, 0.29) is 13.0 Å². The number of phosphoric ester groups is 1. The van der Waals surface area contributed by atoms with Gasteiger partial charge in [-0.15, -0.1) is 0 Å². The average Bonchev–Trinajstić information content (AvgIpc) is 3.18. The van der Waals surface area contributed by atoms with Crippen molar-refractivity contribution in [2.24, 2.45) is 5.73 Å². The van der Waals surface area contributed by atoms with Crippen LogP contribution in [-0.4, -0.2) is 60.5 Å². The molecule has 0 heterocycles. The number of esters is 1. The smallest absolute Gasteiger partial charge is 0.472 e. The van der Waals surface area contributed by atoms with Gasteiger partial charge in [-0.2, -0.15) is 0 Å². The summed E-state index contributed by atoms with van der Waals surface area (Å²) in [7, 11) is -4.63. The molecule has 56 heavy (non-hydrogen) atoms. The van der Waals surface area contributed by atoms with E-state index in [2.05, 4.69) is 116 Å². The second-order valence-corrected chi connectivity index (χ2v) is 14.8. The number of phosphoric acid groups is 1. The summed E-state index contributed by atoms with van der Waals surface area (Å²) in [5.74, 6) is -1.82. The maximum atomic E-state index is 12.5. The predicted octanol–water partition coefficient (Wildman–Crippen LogP) is 11.4. The standard InChI is InChI=1S/C45H74NO9P/c1-3-5-7-9-11-13-15-16-17-18-19-20-21-22-23-24-25-26-27-28-30-32-34-36-38-52-39-42(40-53-56(50,51)54-41-43(46)45(48)49)55-44(47)37-35-33-31-29-14-12-10-8-6-4-2/h5,7-8,10-11,13,16-17,19-20,22-23,25-26,28,30,42-43H,3-4,6,9,12,14-15,18,21,24,27,29,31-41,46H2,1-2H3,(H,48,49)(H,50,51)/b7-5-,10-8-,13-11-,17-16-,20-19-,23-22-,26-25-,30-28-. The topological polar surface area (TPSA) is 155 Å². The minimum Gasteiger partial charge on any atom is -0.480 e. The molecular weight excluding hydrogens is 729 g/mol. The zero-order chi connectivity index (χ0) is 41.2. The van der Waals surface area contributed by atoms with Gasteiger partial charge in [-0.3, -0.25) is 18.6 Å². The molecule has 0 spiro atoms. The Morgan fingerprint density at radius 3 is 1.57 bits per heavy atom. The maximum Gasteiger partial charge on any atom is 0.472 e. The summed E-state index contributed by atoms with van der Waals surface area (Å²) in [4.78, 5) is 33.4. The van der Waals surface area contributed by atoms with Gasteiger partial charge in [0.1, 0.15) is 12.1 Å². The Kier molecular flexibility index (Phi) is 37.9. The molecule has 0 aliphatic carbocycles. The molecule has 3 atom stereocenters. The molecule has 0 aliphatic heterocycles. The molecule has 4 N–H and O–H groups in total. The van der Waals surface area contributed by atoms with Crippen molar-refractivity contribution in [2.45, 2.75) is 148 Å². The van der Waals surface area contributed by atoms with Crippen molar-refractivity contribution in [3.63, 3.8) is 0 Å². The molecule has 0 saturated carbocycles. The van der Waals surface area contributed by atoms with Crippen molar-refractivity contribution in [2.75, 3.05) is 26.4 Å². The number of unbranched alkanes of at least 4 members (excludes halogenated alkanes) is 8. The number of rotatable bonds is 38. The third-order valence-electron chi connectivity index (χ3n) is 8.08. The fraction of sp³-hybridized carbons (Fsp3) is 0.600. The molecule has 0 radical (unpaired) electrons. The van der Waals surface area contributed by atoms with Crippen LogP contribution in [0.15, 0.2) is 97.2 Å². The number of nitrogens with two attached hydrogens (primary N) is 1. The van der Waals surface area contributed by atoms with E-state index in [0.29, 0.717) is 13.0 Å². The monoisotopic (exact) mass is 804 g/mol. The number of ether oxygens (including phenoxy) is 2. The van der Waals surface area contributed by atoms with Crippen LogP contribution in [0.25, 0.3) is 0 Å². The predicted molar refractivity (Wildman–Crippen MR) is 230 cm³/mol. The number of aliphatic carboxylic acids is 1. The maximum absolute atomic E-state index is 12.5. The van der Waals surface area contributed by atoms with Gasteiger partial charge in [0, 0.05) is 13.0 Å². The lowest BCUT2D eigenvalue weighted by Gasteiger charge is -2.20. The largest absolute Gasteiger partial charge is 0.480 e. The quantitative estimate of drug-likeness (QED) is 0.0238. The van der Waals surface area contributed by atoms with E-state index in [4.69, 9.17) is 24.8 Å². The van der Waals surface area contributed by atoms with Gasteiger partial charge in [0.2, 0.25) is 0 Å². The van der Waals surface area contributed by atoms with E-state index in [0.717, 1.165) is 109 Å². The van der Waals surface area contributed by atoms with Crippen LogP contribution in [0.3, 0.4) is 0 Å². The van der Waals surface area contributed by atoms with E-state index >= 15 is 0 Å². The fourth-order valence-corrected chi connectivity index (χ4v) is 5.66. The van der Waals surface area contributed by atoms with Gasteiger partial charge in [-0.25, -0.2) is 4.57 Å². The zero-order valence-corrected chi connectivity index (χ0v) is 35.3. The number of hydrogen-bond acceptors (Lipinski definition) is 8. The number of carboxylic acid groups (broad SMARTS) is 1. The van der Waals surface area contributed by atoms with E-state index in [1.165, 1.54) is 0 Å². The summed E-state index contributed by atoms with van der Waals surface area (Å²) < 4.78 is 33.2. The Balaban J connectivity index is 4.32. The van der Waals surface area contributed by atoms with Crippen LogP contribution in [-0.2, 0) is 32.7 Å². The first-order valence-electron chi connectivity index (χ1n) is 20.8. The van der Waals surface area contributed by atoms with Crippen LogP contribution in [0.4, 0.5) is 0 Å². The summed E-state index contributed by atoms with van der Waals surface area (Å²) in [5.41, 5.74) is 5.34. The summed E-state index contributed by atoms with van der Waals surface area (Å²) in [6, 6.07) is -1.49. The van der Waals surface area contributed by atoms with Crippen LogP contribution < -0.4 is 5.73 Å². The SMILES string of the molecule is CC/C=C\C/C=C\C/C=C\C/C=C\C/C=C\C/C=C\C/C=C\CCCCOCC(COP(=O)(O)OCC(N)C(=O)O)OC(=O)CCCCCCC/C=C\CCC. The average molecular weight is 804 g/mol. The third kappa shape index (κ3) is 39.1. The van der Waals surface area contributed by atoms with Crippen LogP contribution in [0, 0.1) is 0 Å². The van der Waals surface area contributed by atoms with Crippen molar-refractivity contribution in [1.82, 2.24) is 0 Å². The lowest BCUT2D eigenvalue weighted by Crippen LogP contribution is -2.34. The van der Waals surface area contributed by atoms with Gasteiger partial charge in [0.05, 0.1) is 19.8 Å². The van der Waals surface area contributed by atoms with Crippen molar-refractivity contribution < 1.29 is 42.7 Å². The molecule has 11 heteroatoms. The molecule has 0 fully saturated rings. The Morgan fingerprint density at radius 1 is 0.589 bits per heavy atom. The summed E-state index contributed by atoms with van der Waals surface area (Å²) in [6.07, 6.45) is 51.9. The molecule has 0 bridgehead atoms. The van der Waals surface area contributed by atoms with E-state index < -0.39 is 45.1 Å². The first kappa shape index (κ1) is 52.9. The molecule has 318 valence electrons. The van der Waals surface area contributed by atoms with Gasteiger partial charge < -0.3 is 25.2 Å². The molecule has 0 aliphatic rings. The normalized spacial score (nSPS) is 14.9. The Hall–Kier alpha value is -3.11. The van der Waals surface area contributed by atoms with Crippen LogP contribution in [0.1, 0.15) is 136 Å². The minimum atomic E-state index is -4.63. The van der Waals surface area contributed by atoms with E-state index in [1.807, 2.05) is 0 Å². The number of hydrogen-bond donors (Lipinski definition) is 3. The fourth-order valence-electron chi connectivity index (χ4n) is 4.88. The Bertz CT molecular complexity index is 1250. The first-order chi connectivity index (χ1) is 27.2. The molecule has 0 saturated heterocycles. The summed E-state index contributed by atoms with van der Waals surface area (Å²) >= 11 is 0. The van der Waals surface area contributed by atoms with Gasteiger partial charge in [-0.1, -0.05) is 137 Å². The number of carbonyl (C=O) groups excluding carboxylic acids is 1. The minimum absolute atomic E-state index is 0.0234. The molecule has 0 aromatic carbocycles. The zero-order valence-electron chi connectivity index (χ0n) is 34.4. The summed E-state index contributed by atoms with van der Waals surface area (Å²) in [6.45, 7) is 3.54. The molecule has 0 aromatic heterocycles. The number of allylic oxidation sites excluding steroid dienone is 16. The number of carboxylic acids is 1. The molecule has 0 amide bonds. The first-order valence-corrected chi connectivity index (χ1v) is 22.3. The van der Waals surface area contributed by atoms with Crippen LogP contribution in [0.5, 0.6) is 0 Å². The van der Waals surface area contributed by atoms with Crippen LogP contribution in [0.2, 0.25) is 0 Å². The highest BCUT2D eigenvalue weighted by Gasteiger charge is 2.27. The van der Waals surface area contributed by atoms with E-state index in [1.54, 1.807) is 0 Å². The van der Waals surface area contributed by atoms with E-state index in [9.17, 15) is 19.0 Å². The third-order valence-corrected chi connectivity index (χ3v) is 9.03. The highest BCUT2D eigenvalue weighted by molar-refractivity contribution is 7.47. The van der Waals surface area contributed by atoms with Crippen molar-refractivity contribution in [3.8, 4) is 0 Å². The van der Waals surface area contributed by atoms with Crippen molar-refractivity contribution in [1.29, 1.82) is 0 Å². The van der Waals surface area contributed by atoms with Gasteiger partial charge in [0.25, 0.3) is 0 Å². The number of carbonyl (C=O) groups is 2. The highest BCUT2D eigenvalue weighted by Crippen LogP contribution is 2.43. The highest BCUT2D eigenvalue weighted by atomic mass is 31.2. The summed E-state index contributed by atoms with van der Waals surface area (Å²) in [5, 5.41) is 8.87. The Labute approximate surface area is 339 Å². The van der Waals surface area contributed by atoms with Crippen molar-refractivity contribution in [3.05, 3.63) is 97.2 Å². The molecular formula is C45H74NO9P. The molecule has 3 unspecified atom stereocenters. The Morgan fingerprint density at radius 2 is 1.04 bits per heavy atom. The van der Waals surface area contributed by atoms with Gasteiger partial charge in [-0.05, 0) is 89.9 Å². The molecule has 10 nitrogen and oxygen atoms in total.